The molecule has 1 aromatic carbocycles. The van der Waals surface area contributed by atoms with E-state index in [-0.39, 0.29) is 5.91 Å². The molecule has 0 unspecified atom stereocenters. The van der Waals surface area contributed by atoms with Crippen LogP contribution in [0.25, 0.3) is 0 Å². The number of rotatable bonds is 7. The molecule has 100 valence electrons. The van der Waals surface area contributed by atoms with Crippen LogP contribution in [0.5, 0.6) is 0 Å². The highest BCUT2D eigenvalue weighted by Gasteiger charge is 2.25. The van der Waals surface area contributed by atoms with E-state index in [1.165, 1.54) is 0 Å². The van der Waals surface area contributed by atoms with Gasteiger partial charge in [0.2, 0.25) is 0 Å². The van der Waals surface area contributed by atoms with Crippen LogP contribution in [0, 0.1) is 0 Å². The van der Waals surface area contributed by atoms with Gasteiger partial charge in [-0.2, -0.15) is 0 Å². The standard InChI is InChI=1S/C15H23NO2/c1-3-10-15(18,11-4-2)12-16-14(17)13-8-6-5-7-9-13/h5-9,18H,3-4,10-12H2,1-2H3,(H,16,17). The maximum Gasteiger partial charge on any atom is 0.251 e. The number of amides is 1. The Balaban J connectivity index is 2.55. The summed E-state index contributed by atoms with van der Waals surface area (Å²) < 4.78 is 0. The summed E-state index contributed by atoms with van der Waals surface area (Å²) in [6.45, 7) is 4.40. The third-order valence-electron chi connectivity index (χ3n) is 3.04. The van der Waals surface area contributed by atoms with Crippen LogP contribution in [0.2, 0.25) is 0 Å². The smallest absolute Gasteiger partial charge is 0.251 e. The van der Waals surface area contributed by atoms with Crippen molar-refractivity contribution in [3.05, 3.63) is 35.9 Å². The van der Waals surface area contributed by atoms with Gasteiger partial charge in [-0.25, -0.2) is 0 Å². The zero-order chi connectivity index (χ0) is 13.4. The van der Waals surface area contributed by atoms with Crippen molar-refractivity contribution >= 4 is 5.91 Å². The first kappa shape index (κ1) is 14.7. The fourth-order valence-corrected chi connectivity index (χ4v) is 2.17. The van der Waals surface area contributed by atoms with Crippen molar-refractivity contribution in [2.45, 2.75) is 45.1 Å². The molecule has 18 heavy (non-hydrogen) atoms. The third kappa shape index (κ3) is 4.49. The van der Waals surface area contributed by atoms with E-state index in [4.69, 9.17) is 0 Å². The molecule has 0 spiro atoms. The van der Waals surface area contributed by atoms with Gasteiger partial charge in [0.05, 0.1) is 5.60 Å². The molecule has 0 aliphatic rings. The summed E-state index contributed by atoms with van der Waals surface area (Å²) in [6.07, 6.45) is 3.27. The summed E-state index contributed by atoms with van der Waals surface area (Å²) in [7, 11) is 0. The molecule has 0 fully saturated rings. The van der Waals surface area contributed by atoms with Gasteiger partial charge in [-0.05, 0) is 25.0 Å². The number of hydrogen-bond acceptors (Lipinski definition) is 2. The zero-order valence-corrected chi connectivity index (χ0v) is 11.3. The Morgan fingerprint density at radius 2 is 1.72 bits per heavy atom. The monoisotopic (exact) mass is 249 g/mol. The Labute approximate surface area is 109 Å². The summed E-state index contributed by atoms with van der Waals surface area (Å²) in [5.41, 5.74) is -0.138. The van der Waals surface area contributed by atoms with Crippen molar-refractivity contribution in [3.8, 4) is 0 Å². The Morgan fingerprint density at radius 3 is 2.22 bits per heavy atom. The van der Waals surface area contributed by atoms with Crippen LogP contribution in [0.1, 0.15) is 49.9 Å². The molecule has 2 N–H and O–H groups in total. The minimum atomic E-state index is -0.770. The average Bonchev–Trinajstić information content (AvgIpc) is 2.38. The van der Waals surface area contributed by atoms with E-state index >= 15 is 0 Å². The predicted octanol–water partition coefficient (Wildman–Crippen LogP) is 2.75. The summed E-state index contributed by atoms with van der Waals surface area (Å²) in [6, 6.07) is 9.09. The van der Waals surface area contributed by atoms with Gasteiger partial charge in [-0.1, -0.05) is 44.9 Å². The molecule has 0 aliphatic heterocycles. The molecule has 0 saturated carbocycles. The number of benzene rings is 1. The molecule has 0 heterocycles. The molecular formula is C15H23NO2. The Kier molecular flexibility index (Phi) is 5.86. The first-order chi connectivity index (χ1) is 8.61. The topological polar surface area (TPSA) is 49.3 Å². The number of carbonyl (C=O) groups excluding carboxylic acids is 1. The van der Waals surface area contributed by atoms with Crippen molar-refractivity contribution in [2.75, 3.05) is 6.54 Å². The molecule has 0 aliphatic carbocycles. The van der Waals surface area contributed by atoms with Crippen LogP contribution in [-0.4, -0.2) is 23.2 Å². The van der Waals surface area contributed by atoms with Gasteiger partial charge in [0.25, 0.3) is 5.91 Å². The minimum Gasteiger partial charge on any atom is -0.388 e. The van der Waals surface area contributed by atoms with E-state index in [0.29, 0.717) is 12.1 Å². The van der Waals surface area contributed by atoms with Gasteiger partial charge >= 0.3 is 0 Å². The van der Waals surface area contributed by atoms with E-state index in [1.807, 2.05) is 32.0 Å². The predicted molar refractivity (Wildman–Crippen MR) is 73.5 cm³/mol. The Hall–Kier alpha value is -1.35. The molecule has 1 amide bonds. The van der Waals surface area contributed by atoms with E-state index in [0.717, 1.165) is 25.7 Å². The second-order valence-electron chi connectivity index (χ2n) is 4.77. The van der Waals surface area contributed by atoms with Crippen LogP contribution >= 0.6 is 0 Å². The lowest BCUT2D eigenvalue weighted by Gasteiger charge is -2.27. The summed E-state index contributed by atoms with van der Waals surface area (Å²) in [5.74, 6) is -0.124. The highest BCUT2D eigenvalue weighted by atomic mass is 16.3. The van der Waals surface area contributed by atoms with Crippen molar-refractivity contribution in [1.29, 1.82) is 0 Å². The summed E-state index contributed by atoms with van der Waals surface area (Å²) in [5, 5.41) is 13.2. The molecule has 0 saturated heterocycles. The average molecular weight is 249 g/mol. The lowest BCUT2D eigenvalue weighted by molar-refractivity contribution is 0.0213. The van der Waals surface area contributed by atoms with Crippen LogP contribution < -0.4 is 5.32 Å². The highest BCUT2D eigenvalue weighted by molar-refractivity contribution is 5.94. The highest BCUT2D eigenvalue weighted by Crippen LogP contribution is 2.18. The van der Waals surface area contributed by atoms with Gasteiger partial charge in [0.15, 0.2) is 0 Å². The SMILES string of the molecule is CCCC(O)(CCC)CNC(=O)c1ccccc1. The van der Waals surface area contributed by atoms with E-state index in [9.17, 15) is 9.90 Å². The van der Waals surface area contributed by atoms with Crippen LogP contribution in [-0.2, 0) is 0 Å². The molecule has 3 heteroatoms. The fraction of sp³-hybridized carbons (Fsp3) is 0.533. The molecule has 0 aromatic heterocycles. The lowest BCUT2D eigenvalue weighted by Crippen LogP contribution is -2.42. The van der Waals surface area contributed by atoms with Crippen molar-refractivity contribution < 1.29 is 9.90 Å². The Morgan fingerprint density at radius 1 is 1.17 bits per heavy atom. The summed E-state index contributed by atoms with van der Waals surface area (Å²) in [4.78, 5) is 11.9. The maximum atomic E-state index is 11.9. The van der Waals surface area contributed by atoms with Crippen LogP contribution in [0.3, 0.4) is 0 Å². The molecule has 3 nitrogen and oxygen atoms in total. The minimum absolute atomic E-state index is 0.124. The quantitative estimate of drug-likeness (QED) is 0.780. The van der Waals surface area contributed by atoms with Gasteiger partial charge < -0.3 is 10.4 Å². The molecule has 1 rings (SSSR count). The van der Waals surface area contributed by atoms with E-state index in [2.05, 4.69) is 5.32 Å². The van der Waals surface area contributed by atoms with E-state index in [1.54, 1.807) is 12.1 Å². The maximum absolute atomic E-state index is 11.9. The molecule has 0 bridgehead atoms. The van der Waals surface area contributed by atoms with Crippen molar-refractivity contribution in [1.82, 2.24) is 5.32 Å². The molecular weight excluding hydrogens is 226 g/mol. The van der Waals surface area contributed by atoms with Gasteiger partial charge in [-0.15, -0.1) is 0 Å². The molecule has 1 aromatic rings. The molecule has 0 radical (unpaired) electrons. The second-order valence-corrected chi connectivity index (χ2v) is 4.77. The normalized spacial score (nSPS) is 11.3. The first-order valence-electron chi connectivity index (χ1n) is 6.67. The Bertz CT molecular complexity index is 356. The van der Waals surface area contributed by atoms with Crippen LogP contribution in [0.15, 0.2) is 30.3 Å². The number of hydrogen-bond donors (Lipinski definition) is 2. The van der Waals surface area contributed by atoms with Crippen molar-refractivity contribution in [3.63, 3.8) is 0 Å². The lowest BCUT2D eigenvalue weighted by atomic mass is 9.92. The number of carbonyl (C=O) groups is 1. The number of nitrogens with one attached hydrogen (secondary N) is 1. The zero-order valence-electron chi connectivity index (χ0n) is 11.3. The van der Waals surface area contributed by atoms with Gasteiger partial charge in [-0.3, -0.25) is 4.79 Å². The summed E-state index contributed by atoms with van der Waals surface area (Å²) >= 11 is 0. The largest absolute Gasteiger partial charge is 0.388 e. The third-order valence-corrected chi connectivity index (χ3v) is 3.04. The van der Waals surface area contributed by atoms with Gasteiger partial charge in [0.1, 0.15) is 0 Å². The number of aliphatic hydroxyl groups is 1. The second kappa shape index (κ2) is 7.17. The van der Waals surface area contributed by atoms with Crippen molar-refractivity contribution in [2.24, 2.45) is 0 Å². The van der Waals surface area contributed by atoms with E-state index < -0.39 is 5.60 Å². The van der Waals surface area contributed by atoms with Gasteiger partial charge in [0, 0.05) is 12.1 Å². The first-order valence-corrected chi connectivity index (χ1v) is 6.67. The molecule has 0 atom stereocenters. The fourth-order valence-electron chi connectivity index (χ4n) is 2.17. The van der Waals surface area contributed by atoms with Crippen LogP contribution in [0.4, 0.5) is 0 Å².